The van der Waals surface area contributed by atoms with E-state index in [1.165, 1.54) is 0 Å². The van der Waals surface area contributed by atoms with Gasteiger partial charge in [-0.05, 0) is 25.0 Å². The van der Waals surface area contributed by atoms with E-state index >= 15 is 0 Å². The van der Waals surface area contributed by atoms with Crippen molar-refractivity contribution in [1.29, 1.82) is 0 Å². The molecule has 2 N–H and O–H groups in total. The van der Waals surface area contributed by atoms with E-state index in [1.807, 2.05) is 19.1 Å². The molecule has 0 saturated heterocycles. The highest BCUT2D eigenvalue weighted by molar-refractivity contribution is 7.09. The van der Waals surface area contributed by atoms with E-state index in [1.54, 1.807) is 17.5 Å². The van der Waals surface area contributed by atoms with Crippen LogP contribution < -0.4 is 5.73 Å². The van der Waals surface area contributed by atoms with E-state index in [-0.39, 0.29) is 0 Å². The molecule has 0 bridgehead atoms. The Morgan fingerprint density at radius 1 is 1.40 bits per heavy atom. The fraction of sp³-hybridized carbons (Fsp3) is 0.273. The van der Waals surface area contributed by atoms with Gasteiger partial charge in [0.15, 0.2) is 0 Å². The monoisotopic (exact) mass is 219 g/mol. The van der Waals surface area contributed by atoms with Crippen molar-refractivity contribution in [2.45, 2.75) is 19.8 Å². The maximum Gasteiger partial charge on any atom is 0.126 e. The van der Waals surface area contributed by atoms with Crippen molar-refractivity contribution in [2.75, 3.05) is 5.73 Å². The first-order valence-corrected chi connectivity index (χ1v) is 5.74. The highest BCUT2D eigenvalue weighted by atomic mass is 32.1. The summed E-state index contributed by atoms with van der Waals surface area (Å²) in [5, 5.41) is 3.23. The molecule has 4 heteroatoms. The second kappa shape index (κ2) is 4.40. The standard InChI is InChI=1S/C11H13N3S/c1-8-7-15-10(14-8)5-4-9-3-2-6-13-11(9)12/h2-3,6-7H,4-5H2,1H3,(H2,12,13). The van der Waals surface area contributed by atoms with Gasteiger partial charge < -0.3 is 5.73 Å². The summed E-state index contributed by atoms with van der Waals surface area (Å²) in [7, 11) is 0. The van der Waals surface area contributed by atoms with Crippen LogP contribution in [0, 0.1) is 6.92 Å². The summed E-state index contributed by atoms with van der Waals surface area (Å²) in [4.78, 5) is 8.47. The average molecular weight is 219 g/mol. The Morgan fingerprint density at radius 2 is 2.27 bits per heavy atom. The molecule has 0 saturated carbocycles. The number of nitrogens with zero attached hydrogens (tertiary/aromatic N) is 2. The molecule has 2 aromatic rings. The smallest absolute Gasteiger partial charge is 0.126 e. The minimum atomic E-state index is 0.630. The molecule has 3 nitrogen and oxygen atoms in total. The van der Waals surface area contributed by atoms with E-state index in [4.69, 9.17) is 5.73 Å². The largest absolute Gasteiger partial charge is 0.383 e. The number of nitrogens with two attached hydrogens (primary N) is 1. The highest BCUT2D eigenvalue weighted by Crippen LogP contribution is 2.14. The Labute approximate surface area is 93.0 Å². The Balaban J connectivity index is 2.02. The first-order valence-electron chi connectivity index (χ1n) is 4.86. The molecule has 0 aliphatic rings. The zero-order chi connectivity index (χ0) is 10.7. The predicted molar refractivity (Wildman–Crippen MR) is 62.9 cm³/mol. The first-order chi connectivity index (χ1) is 7.25. The summed E-state index contributed by atoms with van der Waals surface area (Å²) < 4.78 is 0. The third-order valence-corrected chi connectivity index (χ3v) is 3.23. The van der Waals surface area contributed by atoms with Gasteiger partial charge in [-0.3, -0.25) is 0 Å². The molecule has 2 aromatic heterocycles. The van der Waals surface area contributed by atoms with Gasteiger partial charge in [0.05, 0.1) is 5.01 Å². The zero-order valence-corrected chi connectivity index (χ0v) is 9.42. The third-order valence-electron chi connectivity index (χ3n) is 2.20. The van der Waals surface area contributed by atoms with Crippen LogP contribution in [0.4, 0.5) is 5.82 Å². The van der Waals surface area contributed by atoms with Gasteiger partial charge in [-0.15, -0.1) is 11.3 Å². The van der Waals surface area contributed by atoms with E-state index in [0.29, 0.717) is 5.82 Å². The second-order valence-electron chi connectivity index (χ2n) is 3.43. The van der Waals surface area contributed by atoms with Crippen molar-refractivity contribution in [3.05, 3.63) is 40.0 Å². The van der Waals surface area contributed by atoms with Gasteiger partial charge in [-0.1, -0.05) is 6.07 Å². The van der Waals surface area contributed by atoms with Crippen LogP contribution in [0.2, 0.25) is 0 Å². The number of aromatic nitrogens is 2. The molecular formula is C11H13N3S. The van der Waals surface area contributed by atoms with Crippen LogP contribution in [0.3, 0.4) is 0 Å². The minimum Gasteiger partial charge on any atom is -0.383 e. The highest BCUT2D eigenvalue weighted by Gasteiger charge is 2.02. The average Bonchev–Trinajstić information content (AvgIpc) is 2.63. The number of hydrogen-bond donors (Lipinski definition) is 1. The summed E-state index contributed by atoms with van der Waals surface area (Å²) in [6.45, 7) is 2.01. The summed E-state index contributed by atoms with van der Waals surface area (Å²) in [5.41, 5.74) is 7.96. The van der Waals surface area contributed by atoms with E-state index in [9.17, 15) is 0 Å². The topological polar surface area (TPSA) is 51.8 Å². The fourth-order valence-corrected chi connectivity index (χ4v) is 2.20. The van der Waals surface area contributed by atoms with E-state index in [2.05, 4.69) is 15.3 Å². The van der Waals surface area contributed by atoms with Gasteiger partial charge in [-0.2, -0.15) is 0 Å². The molecule has 0 spiro atoms. The lowest BCUT2D eigenvalue weighted by Gasteiger charge is -2.01. The van der Waals surface area contributed by atoms with Crippen molar-refractivity contribution in [1.82, 2.24) is 9.97 Å². The van der Waals surface area contributed by atoms with Gasteiger partial charge in [-0.25, -0.2) is 9.97 Å². The summed E-state index contributed by atoms with van der Waals surface area (Å²) in [5.74, 6) is 0.630. The van der Waals surface area contributed by atoms with Crippen molar-refractivity contribution in [2.24, 2.45) is 0 Å². The molecule has 0 aromatic carbocycles. The Kier molecular flexibility index (Phi) is 2.97. The molecule has 0 radical (unpaired) electrons. The molecule has 0 amide bonds. The number of nitrogen functional groups attached to an aromatic ring is 1. The molecule has 0 aliphatic heterocycles. The molecule has 0 aliphatic carbocycles. The lowest BCUT2D eigenvalue weighted by molar-refractivity contribution is 0.932. The third kappa shape index (κ3) is 2.53. The van der Waals surface area contributed by atoms with Gasteiger partial charge in [0.1, 0.15) is 5.82 Å². The molecule has 78 valence electrons. The Hall–Kier alpha value is -1.42. The van der Waals surface area contributed by atoms with Crippen LogP contribution in [0.5, 0.6) is 0 Å². The van der Waals surface area contributed by atoms with Gasteiger partial charge in [0.2, 0.25) is 0 Å². The number of rotatable bonds is 3. The summed E-state index contributed by atoms with van der Waals surface area (Å²) >= 11 is 1.70. The second-order valence-corrected chi connectivity index (χ2v) is 4.37. The van der Waals surface area contributed by atoms with Gasteiger partial charge in [0.25, 0.3) is 0 Å². The molecule has 0 atom stereocenters. The van der Waals surface area contributed by atoms with Crippen molar-refractivity contribution in [3.8, 4) is 0 Å². The SMILES string of the molecule is Cc1csc(CCc2cccnc2N)n1. The quantitative estimate of drug-likeness (QED) is 0.861. The van der Waals surface area contributed by atoms with E-state index < -0.39 is 0 Å². The molecule has 0 unspecified atom stereocenters. The molecule has 2 heterocycles. The van der Waals surface area contributed by atoms with Crippen LogP contribution in [0.1, 0.15) is 16.3 Å². The summed E-state index contributed by atoms with van der Waals surface area (Å²) in [6.07, 6.45) is 3.56. The van der Waals surface area contributed by atoms with Gasteiger partial charge >= 0.3 is 0 Å². The minimum absolute atomic E-state index is 0.630. The first kappa shape index (κ1) is 10.1. The molecule has 2 rings (SSSR count). The van der Waals surface area contributed by atoms with Crippen molar-refractivity contribution >= 4 is 17.2 Å². The lowest BCUT2D eigenvalue weighted by atomic mass is 10.1. The Morgan fingerprint density at radius 3 is 2.93 bits per heavy atom. The molecular weight excluding hydrogens is 206 g/mol. The number of thiazole rings is 1. The number of pyridine rings is 1. The van der Waals surface area contributed by atoms with Crippen LogP contribution in [-0.2, 0) is 12.8 Å². The number of hydrogen-bond acceptors (Lipinski definition) is 4. The lowest BCUT2D eigenvalue weighted by Crippen LogP contribution is -1.98. The summed E-state index contributed by atoms with van der Waals surface area (Å²) in [6, 6.07) is 3.93. The van der Waals surface area contributed by atoms with Crippen LogP contribution in [0.15, 0.2) is 23.7 Å². The normalized spacial score (nSPS) is 10.5. The van der Waals surface area contributed by atoms with Crippen molar-refractivity contribution in [3.63, 3.8) is 0 Å². The van der Waals surface area contributed by atoms with Crippen LogP contribution in [0.25, 0.3) is 0 Å². The van der Waals surface area contributed by atoms with Crippen molar-refractivity contribution < 1.29 is 0 Å². The van der Waals surface area contributed by atoms with E-state index in [0.717, 1.165) is 29.1 Å². The Bertz CT molecular complexity index is 451. The predicted octanol–water partition coefficient (Wildman–Crippen LogP) is 2.21. The maximum absolute atomic E-state index is 5.76. The molecule has 15 heavy (non-hydrogen) atoms. The molecule has 0 fully saturated rings. The van der Waals surface area contributed by atoms with Gasteiger partial charge in [0, 0.05) is 23.7 Å². The van der Waals surface area contributed by atoms with Crippen LogP contribution >= 0.6 is 11.3 Å². The fourth-order valence-electron chi connectivity index (χ4n) is 1.42. The zero-order valence-electron chi connectivity index (χ0n) is 8.60. The number of aryl methyl sites for hydroxylation is 3. The number of anilines is 1. The maximum atomic E-state index is 5.76. The van der Waals surface area contributed by atoms with Crippen LogP contribution in [-0.4, -0.2) is 9.97 Å².